The van der Waals surface area contributed by atoms with Gasteiger partial charge < -0.3 is 19.8 Å². The number of aromatic amines is 1. The summed E-state index contributed by atoms with van der Waals surface area (Å²) in [6, 6.07) is 10.1. The van der Waals surface area contributed by atoms with Crippen LogP contribution < -0.4 is 10.9 Å². The Morgan fingerprint density at radius 1 is 1.13 bits per heavy atom. The molecule has 0 saturated carbocycles. The summed E-state index contributed by atoms with van der Waals surface area (Å²) in [5.41, 5.74) is 3.47. The Morgan fingerprint density at radius 3 is 2.70 bits per heavy atom. The average Bonchev–Trinajstić information content (AvgIpc) is 3.15. The first-order valence-electron chi connectivity index (χ1n) is 10.8. The molecule has 2 fully saturated rings. The van der Waals surface area contributed by atoms with Crippen LogP contribution in [0, 0.1) is 12.3 Å². The molecular weight excluding hydrogens is 376 g/mol. The highest BCUT2D eigenvalue weighted by Gasteiger charge is 2.46. The second kappa shape index (κ2) is 7.43. The molecule has 0 bridgehead atoms. The van der Waals surface area contributed by atoms with Crippen molar-refractivity contribution in [2.45, 2.75) is 32.7 Å². The maximum Gasteiger partial charge on any atom is 0.263 e. The fourth-order valence-electron chi connectivity index (χ4n) is 5.02. The van der Waals surface area contributed by atoms with Crippen LogP contribution in [0.3, 0.4) is 0 Å². The standard InChI is InChI=1S/C24H28N4O2/c1-17-6-12-27(13-7-18-14-26-20-5-3-2-4-19(18)20)22(29)21(17)23(30)28-15-24(16-28)8-10-25-11-9-24/h2-6,12,14,25-26H,7-11,13,15-16H2,1H3. The predicted octanol–water partition coefficient (Wildman–Crippen LogP) is 2.71. The highest BCUT2D eigenvalue weighted by Crippen LogP contribution is 2.39. The van der Waals surface area contributed by atoms with Crippen LogP contribution in [0.25, 0.3) is 10.9 Å². The van der Waals surface area contributed by atoms with Gasteiger partial charge in [-0.15, -0.1) is 0 Å². The van der Waals surface area contributed by atoms with Crippen molar-refractivity contribution >= 4 is 16.8 Å². The monoisotopic (exact) mass is 404 g/mol. The van der Waals surface area contributed by atoms with Gasteiger partial charge in [0, 0.05) is 48.3 Å². The molecule has 2 N–H and O–H groups in total. The van der Waals surface area contributed by atoms with Crippen molar-refractivity contribution < 1.29 is 4.79 Å². The normalized spacial score (nSPS) is 18.0. The predicted molar refractivity (Wildman–Crippen MR) is 118 cm³/mol. The topological polar surface area (TPSA) is 70.1 Å². The fraction of sp³-hybridized carbons (Fsp3) is 0.417. The third-order valence-electron chi connectivity index (χ3n) is 6.89. The van der Waals surface area contributed by atoms with Gasteiger partial charge in [-0.3, -0.25) is 9.59 Å². The molecule has 0 aliphatic carbocycles. The number of hydrogen-bond acceptors (Lipinski definition) is 3. The van der Waals surface area contributed by atoms with Crippen LogP contribution in [-0.4, -0.2) is 46.5 Å². The van der Waals surface area contributed by atoms with Gasteiger partial charge in [0.25, 0.3) is 11.5 Å². The lowest BCUT2D eigenvalue weighted by molar-refractivity contribution is -0.0115. The van der Waals surface area contributed by atoms with E-state index in [1.165, 1.54) is 10.9 Å². The number of aromatic nitrogens is 2. The van der Waals surface area contributed by atoms with E-state index in [2.05, 4.69) is 22.4 Å². The first-order chi connectivity index (χ1) is 14.6. The number of carbonyl (C=O) groups excluding carboxylic acids is 1. The Morgan fingerprint density at radius 2 is 1.90 bits per heavy atom. The van der Waals surface area contributed by atoms with E-state index >= 15 is 0 Å². The van der Waals surface area contributed by atoms with E-state index in [-0.39, 0.29) is 16.9 Å². The molecule has 1 amide bonds. The van der Waals surface area contributed by atoms with Gasteiger partial charge in [0.1, 0.15) is 5.56 Å². The molecule has 1 spiro atoms. The molecule has 2 aliphatic rings. The number of carbonyl (C=O) groups is 1. The van der Waals surface area contributed by atoms with E-state index in [0.29, 0.717) is 12.1 Å². The second-order valence-corrected chi connectivity index (χ2v) is 8.89. The number of piperidine rings is 1. The number of para-hydroxylation sites is 1. The molecule has 4 heterocycles. The molecule has 3 aromatic rings. The zero-order chi connectivity index (χ0) is 20.7. The van der Waals surface area contributed by atoms with Crippen LogP contribution in [0.2, 0.25) is 0 Å². The van der Waals surface area contributed by atoms with Crippen LogP contribution in [-0.2, 0) is 13.0 Å². The molecule has 156 valence electrons. The third-order valence-corrected chi connectivity index (χ3v) is 6.89. The Bertz CT molecular complexity index is 1150. The zero-order valence-electron chi connectivity index (χ0n) is 17.4. The number of likely N-dealkylation sites (tertiary alicyclic amines) is 1. The molecule has 6 heteroatoms. The van der Waals surface area contributed by atoms with Gasteiger partial charge in [-0.1, -0.05) is 18.2 Å². The summed E-state index contributed by atoms with van der Waals surface area (Å²) in [5, 5.41) is 4.57. The lowest BCUT2D eigenvalue weighted by atomic mass is 9.72. The van der Waals surface area contributed by atoms with Gasteiger partial charge in [-0.2, -0.15) is 0 Å². The minimum absolute atomic E-state index is 0.108. The van der Waals surface area contributed by atoms with Crippen molar-refractivity contribution in [3.63, 3.8) is 0 Å². The summed E-state index contributed by atoms with van der Waals surface area (Å²) in [6.45, 7) is 6.00. The molecule has 30 heavy (non-hydrogen) atoms. The second-order valence-electron chi connectivity index (χ2n) is 8.89. The summed E-state index contributed by atoms with van der Waals surface area (Å²) in [7, 11) is 0. The summed E-state index contributed by atoms with van der Waals surface area (Å²) in [5.74, 6) is -0.108. The fourth-order valence-corrected chi connectivity index (χ4v) is 5.02. The van der Waals surface area contributed by atoms with Crippen molar-refractivity contribution in [1.82, 2.24) is 19.8 Å². The van der Waals surface area contributed by atoms with Gasteiger partial charge in [0.15, 0.2) is 0 Å². The van der Waals surface area contributed by atoms with E-state index in [1.807, 2.05) is 42.4 Å². The largest absolute Gasteiger partial charge is 0.361 e. The number of nitrogens with zero attached hydrogens (tertiary/aromatic N) is 2. The molecule has 5 rings (SSSR count). The number of benzene rings is 1. The maximum absolute atomic E-state index is 13.2. The lowest BCUT2D eigenvalue weighted by Crippen LogP contribution is -2.62. The van der Waals surface area contributed by atoms with Gasteiger partial charge >= 0.3 is 0 Å². The number of fused-ring (bicyclic) bond motifs is 1. The van der Waals surface area contributed by atoms with Gasteiger partial charge in [0.2, 0.25) is 0 Å². The Labute approximate surface area is 175 Å². The van der Waals surface area contributed by atoms with E-state index in [4.69, 9.17) is 0 Å². The van der Waals surface area contributed by atoms with E-state index in [1.54, 1.807) is 4.57 Å². The number of amides is 1. The van der Waals surface area contributed by atoms with Crippen LogP contribution >= 0.6 is 0 Å². The summed E-state index contributed by atoms with van der Waals surface area (Å²) in [4.78, 5) is 31.5. The molecule has 0 atom stereocenters. The molecule has 0 unspecified atom stereocenters. The molecule has 2 saturated heterocycles. The van der Waals surface area contributed by atoms with Crippen molar-refractivity contribution in [3.05, 3.63) is 69.8 Å². The number of H-pyrrole nitrogens is 1. The van der Waals surface area contributed by atoms with Crippen LogP contribution in [0.15, 0.2) is 47.5 Å². The van der Waals surface area contributed by atoms with Gasteiger partial charge in [-0.05, 0) is 62.5 Å². The number of aryl methyl sites for hydroxylation is 3. The van der Waals surface area contributed by atoms with Gasteiger partial charge in [0.05, 0.1) is 0 Å². The SMILES string of the molecule is Cc1ccn(CCc2c[nH]c3ccccc23)c(=O)c1C(=O)N1CC2(CCNCC2)C1. The lowest BCUT2D eigenvalue weighted by Gasteiger charge is -2.52. The van der Waals surface area contributed by atoms with E-state index in [0.717, 1.165) is 56.5 Å². The van der Waals surface area contributed by atoms with E-state index < -0.39 is 0 Å². The van der Waals surface area contributed by atoms with Crippen molar-refractivity contribution in [2.75, 3.05) is 26.2 Å². The highest BCUT2D eigenvalue weighted by molar-refractivity contribution is 5.95. The zero-order valence-corrected chi connectivity index (χ0v) is 17.4. The van der Waals surface area contributed by atoms with E-state index in [9.17, 15) is 9.59 Å². The van der Waals surface area contributed by atoms with Crippen molar-refractivity contribution in [3.8, 4) is 0 Å². The third kappa shape index (κ3) is 3.25. The molecule has 0 radical (unpaired) electrons. The Hall–Kier alpha value is -2.86. The summed E-state index contributed by atoms with van der Waals surface area (Å²) < 4.78 is 1.68. The van der Waals surface area contributed by atoms with Crippen molar-refractivity contribution in [2.24, 2.45) is 5.41 Å². The highest BCUT2D eigenvalue weighted by atomic mass is 16.2. The smallest absolute Gasteiger partial charge is 0.263 e. The molecule has 2 aromatic heterocycles. The summed E-state index contributed by atoms with van der Waals surface area (Å²) in [6.07, 6.45) is 6.78. The molecule has 2 aliphatic heterocycles. The van der Waals surface area contributed by atoms with Crippen LogP contribution in [0.4, 0.5) is 0 Å². The number of rotatable bonds is 4. The number of hydrogen-bond donors (Lipinski definition) is 2. The first-order valence-corrected chi connectivity index (χ1v) is 10.8. The number of pyridine rings is 1. The quantitative estimate of drug-likeness (QED) is 0.702. The minimum Gasteiger partial charge on any atom is -0.361 e. The van der Waals surface area contributed by atoms with Gasteiger partial charge in [-0.25, -0.2) is 0 Å². The number of nitrogens with one attached hydrogen (secondary N) is 2. The van der Waals surface area contributed by atoms with Crippen molar-refractivity contribution in [1.29, 1.82) is 0 Å². The molecule has 6 nitrogen and oxygen atoms in total. The Balaban J connectivity index is 1.34. The molecular formula is C24H28N4O2. The average molecular weight is 405 g/mol. The first kappa shape index (κ1) is 19.1. The minimum atomic E-state index is -0.175. The maximum atomic E-state index is 13.2. The van der Waals surface area contributed by atoms with Crippen LogP contribution in [0.5, 0.6) is 0 Å². The van der Waals surface area contributed by atoms with Crippen LogP contribution in [0.1, 0.15) is 34.3 Å². The molecule has 1 aromatic carbocycles. The Kier molecular flexibility index (Phi) is 4.74. The summed E-state index contributed by atoms with van der Waals surface area (Å²) >= 11 is 0.